The molecular formula is C32H36Br2F2N4+2. The molecule has 0 fully saturated rings. The fraction of sp³-hybridized carbons (Fsp3) is 0.312. The molecule has 2 N–H and O–H groups in total. The van der Waals surface area contributed by atoms with Gasteiger partial charge in [-0.15, -0.1) is 0 Å². The summed E-state index contributed by atoms with van der Waals surface area (Å²) in [5, 5.41) is 6.46. The summed E-state index contributed by atoms with van der Waals surface area (Å²) in [7, 11) is 0. The topological polar surface area (TPSA) is 31.8 Å². The van der Waals surface area contributed by atoms with Gasteiger partial charge in [0.15, 0.2) is 24.8 Å². The first-order chi connectivity index (χ1) is 19.5. The minimum atomic E-state index is -0.248. The average Bonchev–Trinajstić information content (AvgIpc) is 2.95. The van der Waals surface area contributed by atoms with E-state index in [9.17, 15) is 8.78 Å². The van der Waals surface area contributed by atoms with Gasteiger partial charge in [-0.3, -0.25) is 0 Å². The van der Waals surface area contributed by atoms with E-state index in [4.69, 9.17) is 0 Å². The molecule has 2 aromatic heterocycles. The van der Waals surface area contributed by atoms with Crippen LogP contribution in [0.5, 0.6) is 0 Å². The van der Waals surface area contributed by atoms with Crippen molar-refractivity contribution in [3.8, 4) is 0 Å². The lowest BCUT2D eigenvalue weighted by Gasteiger charge is -2.09. The predicted molar refractivity (Wildman–Crippen MR) is 166 cm³/mol. The molecule has 210 valence electrons. The number of nitrogens with one attached hydrogen (secondary N) is 2. The van der Waals surface area contributed by atoms with Crippen molar-refractivity contribution in [3.63, 3.8) is 0 Å². The van der Waals surface area contributed by atoms with E-state index < -0.39 is 0 Å². The van der Waals surface area contributed by atoms with E-state index in [0.29, 0.717) is 0 Å². The third-order valence-electron chi connectivity index (χ3n) is 6.71. The normalized spacial score (nSPS) is 12.6. The molecule has 2 heterocycles. The second-order valence-electron chi connectivity index (χ2n) is 9.91. The number of rotatable bonds is 15. The molecule has 0 aliphatic heterocycles. The van der Waals surface area contributed by atoms with Crippen molar-refractivity contribution in [2.24, 2.45) is 0 Å². The van der Waals surface area contributed by atoms with E-state index in [1.165, 1.54) is 62.8 Å². The monoisotopic (exact) mass is 672 g/mol. The summed E-state index contributed by atoms with van der Waals surface area (Å²) in [5.74, 6) is -0.495. The molecule has 4 rings (SSSR count). The molecule has 0 bridgehead atoms. The lowest BCUT2D eigenvalue weighted by molar-refractivity contribution is -0.698. The predicted octanol–water partition coefficient (Wildman–Crippen LogP) is 9.63. The summed E-state index contributed by atoms with van der Waals surface area (Å²) >= 11 is 7.62. The van der Waals surface area contributed by atoms with Crippen LogP contribution in [0.2, 0.25) is 0 Å². The summed E-state index contributed by atoms with van der Waals surface area (Å²) in [6.07, 6.45) is 17.7. The standard InChI is InChI=1S/C32H34Br2F2N4/c33-31(39-19-15-27(16-20-39)37-29-11-7-9-25(35)23-29)13-5-3-1-2-4-6-14-32(34)40-21-17-28(18-22-40)38-30-12-8-10-26(36)24-30/h7-12,15-24,31-32H,1-6,13-14H2/p+2. The van der Waals surface area contributed by atoms with Gasteiger partial charge in [0.2, 0.25) is 9.90 Å². The van der Waals surface area contributed by atoms with Crippen LogP contribution in [0.15, 0.2) is 97.6 Å². The lowest BCUT2D eigenvalue weighted by atomic mass is 10.1. The molecule has 2 aromatic carbocycles. The number of benzene rings is 2. The highest BCUT2D eigenvalue weighted by Crippen LogP contribution is 2.22. The molecule has 4 aromatic rings. The van der Waals surface area contributed by atoms with Gasteiger partial charge in [0.1, 0.15) is 11.6 Å². The highest BCUT2D eigenvalue weighted by Gasteiger charge is 2.15. The van der Waals surface area contributed by atoms with Crippen molar-refractivity contribution in [1.29, 1.82) is 0 Å². The van der Waals surface area contributed by atoms with Crippen LogP contribution in [-0.4, -0.2) is 0 Å². The molecule has 0 amide bonds. The number of unbranched alkanes of at least 4 members (excludes halogenated alkanes) is 5. The van der Waals surface area contributed by atoms with Crippen LogP contribution in [0.25, 0.3) is 0 Å². The minimum absolute atomic E-state index is 0.248. The zero-order chi connectivity index (χ0) is 28.2. The zero-order valence-corrected chi connectivity index (χ0v) is 25.6. The number of alkyl halides is 2. The SMILES string of the molecule is Fc1cccc(Nc2cc[n+](C(Br)CCCCCCCCC(Br)[n+]3ccc(Nc4cccc(F)c4)cc3)cc2)c1. The van der Waals surface area contributed by atoms with Crippen molar-refractivity contribution in [2.75, 3.05) is 10.6 Å². The third-order valence-corrected chi connectivity index (χ3v) is 8.57. The largest absolute Gasteiger partial charge is 0.355 e. The molecule has 2 atom stereocenters. The van der Waals surface area contributed by atoms with Crippen molar-refractivity contribution >= 4 is 54.6 Å². The molecule has 2 unspecified atom stereocenters. The number of nitrogens with zero attached hydrogens (tertiary/aromatic N) is 2. The van der Waals surface area contributed by atoms with Crippen molar-refractivity contribution in [2.45, 2.75) is 61.3 Å². The van der Waals surface area contributed by atoms with E-state index in [1.54, 1.807) is 12.1 Å². The van der Waals surface area contributed by atoms with Crippen LogP contribution in [0, 0.1) is 11.6 Å². The molecule has 0 radical (unpaired) electrons. The van der Waals surface area contributed by atoms with Gasteiger partial charge in [0.05, 0.1) is 11.4 Å². The smallest absolute Gasteiger partial charge is 0.211 e. The second kappa shape index (κ2) is 15.8. The Labute approximate surface area is 252 Å². The Hall–Kier alpha value is -2.84. The third kappa shape index (κ3) is 9.97. The molecule has 8 heteroatoms. The maximum atomic E-state index is 13.4. The van der Waals surface area contributed by atoms with E-state index in [1.807, 2.05) is 61.2 Å². The lowest BCUT2D eigenvalue weighted by Crippen LogP contribution is -2.35. The first-order valence-corrected chi connectivity index (χ1v) is 15.6. The number of anilines is 4. The molecule has 0 saturated heterocycles. The highest BCUT2D eigenvalue weighted by atomic mass is 79.9. The average molecular weight is 674 g/mol. The van der Waals surface area contributed by atoms with Gasteiger partial charge in [-0.05, 0) is 81.1 Å². The number of hydrogen-bond donors (Lipinski definition) is 2. The van der Waals surface area contributed by atoms with E-state index in [-0.39, 0.29) is 21.5 Å². The van der Waals surface area contributed by atoms with Crippen LogP contribution in [0.1, 0.15) is 61.3 Å². The number of halogens is 4. The Kier molecular flexibility index (Phi) is 11.9. The van der Waals surface area contributed by atoms with Gasteiger partial charge in [-0.1, -0.05) is 37.8 Å². The van der Waals surface area contributed by atoms with Gasteiger partial charge < -0.3 is 10.6 Å². The summed E-state index contributed by atoms with van der Waals surface area (Å²) in [6.45, 7) is 0. The summed E-state index contributed by atoms with van der Waals surface area (Å²) < 4.78 is 31.1. The summed E-state index contributed by atoms with van der Waals surface area (Å²) in [6, 6.07) is 21.0. The molecule has 0 spiro atoms. The van der Waals surface area contributed by atoms with E-state index in [0.717, 1.165) is 35.6 Å². The Bertz CT molecular complexity index is 1220. The first kappa shape index (κ1) is 30.1. The maximum absolute atomic E-state index is 13.4. The minimum Gasteiger partial charge on any atom is -0.355 e. The van der Waals surface area contributed by atoms with Gasteiger partial charge >= 0.3 is 0 Å². The highest BCUT2D eigenvalue weighted by molar-refractivity contribution is 9.09. The molecule has 0 aliphatic rings. The quantitative estimate of drug-likeness (QED) is 0.0748. The second-order valence-corrected chi connectivity index (χ2v) is 12.0. The fourth-order valence-electron chi connectivity index (χ4n) is 4.51. The first-order valence-electron chi connectivity index (χ1n) is 13.8. The van der Waals surface area contributed by atoms with Crippen molar-refractivity contribution in [1.82, 2.24) is 0 Å². The van der Waals surface area contributed by atoms with E-state index in [2.05, 4.69) is 51.6 Å². The van der Waals surface area contributed by atoms with Crippen molar-refractivity contribution < 1.29 is 17.9 Å². The van der Waals surface area contributed by atoms with Gasteiger partial charge in [0, 0.05) is 48.5 Å². The fourth-order valence-corrected chi connectivity index (χ4v) is 5.71. The molecule has 0 aliphatic carbocycles. The summed E-state index contributed by atoms with van der Waals surface area (Å²) in [5.41, 5.74) is 3.34. The van der Waals surface area contributed by atoms with Gasteiger partial charge in [0.25, 0.3) is 0 Å². The van der Waals surface area contributed by atoms with Crippen LogP contribution >= 0.6 is 31.9 Å². The Balaban J connectivity index is 1.06. The maximum Gasteiger partial charge on any atom is 0.211 e. The Morgan fingerprint density at radius 3 is 1.27 bits per heavy atom. The molecule has 40 heavy (non-hydrogen) atoms. The number of aromatic nitrogens is 2. The van der Waals surface area contributed by atoms with Crippen molar-refractivity contribution in [3.05, 3.63) is 109 Å². The van der Waals surface area contributed by atoms with Gasteiger partial charge in [-0.2, -0.15) is 9.13 Å². The van der Waals surface area contributed by atoms with Crippen LogP contribution in [0.4, 0.5) is 31.5 Å². The molecule has 0 saturated carbocycles. The van der Waals surface area contributed by atoms with Gasteiger partial charge in [-0.25, -0.2) is 8.78 Å². The Morgan fingerprint density at radius 1 is 0.525 bits per heavy atom. The number of pyridine rings is 2. The summed E-state index contributed by atoms with van der Waals surface area (Å²) in [4.78, 5) is 0.523. The van der Waals surface area contributed by atoms with Crippen LogP contribution in [0.3, 0.4) is 0 Å². The van der Waals surface area contributed by atoms with E-state index >= 15 is 0 Å². The van der Waals surface area contributed by atoms with Crippen LogP contribution < -0.4 is 19.8 Å². The zero-order valence-electron chi connectivity index (χ0n) is 22.5. The van der Waals surface area contributed by atoms with Crippen LogP contribution in [-0.2, 0) is 0 Å². The molecular weight excluding hydrogens is 638 g/mol. The number of hydrogen-bond acceptors (Lipinski definition) is 2. The Morgan fingerprint density at radius 2 is 0.900 bits per heavy atom. The molecule has 4 nitrogen and oxygen atoms in total.